The monoisotopic (exact) mass is 828 g/mol. The van der Waals surface area contributed by atoms with Crippen molar-refractivity contribution in [1.29, 1.82) is 0 Å². The molecule has 0 spiro atoms. The first-order chi connectivity index (χ1) is 32.2. The van der Waals surface area contributed by atoms with Gasteiger partial charge in [0, 0.05) is 49.9 Å². The molecule has 0 bridgehead atoms. The first kappa shape index (κ1) is 36.9. The average molecular weight is 829 g/mol. The van der Waals surface area contributed by atoms with E-state index in [9.17, 15) is 0 Å². The van der Waals surface area contributed by atoms with Gasteiger partial charge >= 0.3 is 0 Å². The quantitative estimate of drug-likeness (QED) is 0.149. The summed E-state index contributed by atoms with van der Waals surface area (Å²) >= 11 is 0. The Morgan fingerprint density at radius 2 is 0.908 bits per heavy atom. The maximum Gasteiger partial charge on any atom is 0.143 e. The minimum absolute atomic E-state index is 0.889. The normalized spacial score (nSPS) is 11.7. The molecule has 0 aliphatic heterocycles. The van der Waals surface area contributed by atoms with Gasteiger partial charge in [0.2, 0.25) is 0 Å². The summed E-state index contributed by atoms with van der Waals surface area (Å²) in [7, 11) is 0. The van der Waals surface area contributed by atoms with Crippen molar-refractivity contribution in [2.45, 2.75) is 0 Å². The van der Waals surface area contributed by atoms with Gasteiger partial charge < -0.3 is 13.9 Å². The van der Waals surface area contributed by atoms with E-state index in [0.717, 1.165) is 66.9 Å². The lowest BCUT2D eigenvalue weighted by atomic mass is 9.98. The van der Waals surface area contributed by atoms with Crippen molar-refractivity contribution in [2.24, 2.45) is 0 Å². The molecule has 0 aliphatic carbocycles. The van der Waals surface area contributed by atoms with Crippen LogP contribution in [-0.2, 0) is 0 Å². The average Bonchev–Trinajstić information content (AvgIpc) is 3.93. The number of furan rings is 1. The fourth-order valence-corrected chi connectivity index (χ4v) is 10.1. The second-order valence-corrected chi connectivity index (χ2v) is 16.9. The third kappa shape index (κ3) is 6.12. The number of rotatable bonds is 7. The zero-order valence-electron chi connectivity index (χ0n) is 35.4. The van der Waals surface area contributed by atoms with Crippen LogP contribution in [0.1, 0.15) is 0 Å². The van der Waals surface area contributed by atoms with Gasteiger partial charge in [-0.1, -0.05) is 170 Å². The van der Waals surface area contributed by atoms with Gasteiger partial charge in [0.25, 0.3) is 0 Å². The number of anilines is 3. The van der Waals surface area contributed by atoms with Crippen LogP contribution >= 0.6 is 0 Å². The molecule has 13 aromatic rings. The molecule has 0 amide bonds. The molecule has 2 aromatic heterocycles. The summed E-state index contributed by atoms with van der Waals surface area (Å²) in [5.74, 6) is 0. The molecule has 0 unspecified atom stereocenters. The van der Waals surface area contributed by atoms with E-state index >= 15 is 0 Å². The predicted molar refractivity (Wildman–Crippen MR) is 274 cm³/mol. The Morgan fingerprint density at radius 1 is 0.323 bits per heavy atom. The predicted octanol–water partition coefficient (Wildman–Crippen LogP) is 17.5. The maximum absolute atomic E-state index is 6.52. The van der Waals surface area contributed by atoms with Crippen LogP contribution in [0.2, 0.25) is 0 Å². The summed E-state index contributed by atoms with van der Waals surface area (Å²) in [6.45, 7) is 0. The van der Waals surface area contributed by atoms with Crippen LogP contribution in [0.25, 0.3) is 104 Å². The van der Waals surface area contributed by atoms with E-state index in [1.54, 1.807) is 0 Å². The summed E-state index contributed by atoms with van der Waals surface area (Å²) in [5, 5.41) is 9.70. The van der Waals surface area contributed by atoms with Crippen molar-refractivity contribution in [2.75, 3.05) is 4.90 Å². The summed E-state index contributed by atoms with van der Waals surface area (Å²) < 4.78 is 8.90. The Hall–Kier alpha value is -8.66. The third-order valence-electron chi connectivity index (χ3n) is 13.2. The van der Waals surface area contributed by atoms with Crippen molar-refractivity contribution < 1.29 is 4.42 Å². The molecule has 0 aliphatic rings. The van der Waals surface area contributed by atoms with Crippen LogP contribution in [0, 0.1) is 0 Å². The molecule has 2 heterocycles. The molecule has 0 radical (unpaired) electrons. The minimum atomic E-state index is 0.889. The SMILES string of the molecule is c1ccc(-c2cccc3c2oc2ccc(-c4ccc(N(c5ccc(-c6cccc7c6c6ccccc6n7-c6ccccc6)cc5)c5ccc6c(ccc7ccccc76)c5)cc4)cc23)cc1. The summed E-state index contributed by atoms with van der Waals surface area (Å²) in [6.07, 6.45) is 0. The lowest BCUT2D eigenvalue weighted by Gasteiger charge is -2.26. The van der Waals surface area contributed by atoms with Crippen LogP contribution in [0.15, 0.2) is 247 Å². The Kier molecular flexibility index (Phi) is 8.53. The van der Waals surface area contributed by atoms with Crippen molar-refractivity contribution >= 4 is 82.4 Å². The van der Waals surface area contributed by atoms with Gasteiger partial charge in [-0.05, 0) is 122 Å². The largest absolute Gasteiger partial charge is 0.455 e. The molecule has 3 heteroatoms. The first-order valence-corrected chi connectivity index (χ1v) is 22.2. The molecule has 0 saturated heterocycles. The highest BCUT2D eigenvalue weighted by molar-refractivity contribution is 6.16. The van der Waals surface area contributed by atoms with E-state index in [4.69, 9.17) is 4.42 Å². The van der Waals surface area contributed by atoms with Gasteiger partial charge in [-0.2, -0.15) is 0 Å². The van der Waals surface area contributed by atoms with Gasteiger partial charge in [0.05, 0.1) is 11.0 Å². The molecule has 304 valence electrons. The molecule has 0 saturated carbocycles. The Bertz CT molecular complexity index is 3920. The molecular weight excluding hydrogens is 789 g/mol. The lowest BCUT2D eigenvalue weighted by Crippen LogP contribution is -2.09. The molecule has 0 fully saturated rings. The first-order valence-electron chi connectivity index (χ1n) is 22.2. The van der Waals surface area contributed by atoms with Crippen LogP contribution in [0.5, 0.6) is 0 Å². The fraction of sp³-hybridized carbons (Fsp3) is 0. The highest BCUT2D eigenvalue weighted by Gasteiger charge is 2.19. The smallest absolute Gasteiger partial charge is 0.143 e. The molecule has 3 nitrogen and oxygen atoms in total. The van der Waals surface area contributed by atoms with Crippen molar-refractivity contribution in [3.05, 3.63) is 243 Å². The maximum atomic E-state index is 6.52. The highest BCUT2D eigenvalue weighted by atomic mass is 16.3. The van der Waals surface area contributed by atoms with Gasteiger partial charge in [-0.3, -0.25) is 0 Å². The van der Waals surface area contributed by atoms with Crippen LogP contribution in [-0.4, -0.2) is 4.57 Å². The van der Waals surface area contributed by atoms with Crippen molar-refractivity contribution in [3.63, 3.8) is 0 Å². The molecular formula is C62H40N2O. The minimum Gasteiger partial charge on any atom is -0.455 e. The van der Waals surface area contributed by atoms with E-state index < -0.39 is 0 Å². The van der Waals surface area contributed by atoms with Crippen LogP contribution < -0.4 is 4.90 Å². The number of benzene rings is 11. The molecule has 0 atom stereocenters. The number of fused-ring (bicyclic) bond motifs is 9. The third-order valence-corrected chi connectivity index (χ3v) is 13.2. The van der Waals surface area contributed by atoms with E-state index in [1.165, 1.54) is 54.5 Å². The summed E-state index contributed by atoms with van der Waals surface area (Å²) in [6, 6.07) is 87.6. The second kappa shape index (κ2) is 15.0. The number of para-hydroxylation sites is 3. The standard InChI is InChI=1S/C62H40N2O/c1-3-13-42(14-4-1)54-21-11-22-55-57-40-45(31-38-60(57)65-62(54)55)41-27-32-48(33-28-41)63(50-36-37-52-46(39-50)26-25-43-15-7-8-18-51(43)52)49-34-29-44(30-35-49)53-20-12-24-59-61(53)56-19-9-10-23-58(56)64(59)47-16-5-2-6-17-47/h1-40H. The van der Waals surface area contributed by atoms with Gasteiger partial charge in [0.15, 0.2) is 0 Å². The van der Waals surface area contributed by atoms with Gasteiger partial charge in [0.1, 0.15) is 11.2 Å². The van der Waals surface area contributed by atoms with E-state index in [2.05, 4.69) is 246 Å². The van der Waals surface area contributed by atoms with E-state index in [-0.39, 0.29) is 0 Å². The Morgan fingerprint density at radius 3 is 1.72 bits per heavy atom. The van der Waals surface area contributed by atoms with E-state index in [1.807, 2.05) is 6.07 Å². The van der Waals surface area contributed by atoms with Crippen LogP contribution in [0.3, 0.4) is 0 Å². The summed E-state index contributed by atoms with van der Waals surface area (Å²) in [4.78, 5) is 2.38. The molecule has 13 rings (SSSR count). The Labute approximate surface area is 376 Å². The molecule has 0 N–H and O–H groups in total. The van der Waals surface area contributed by atoms with E-state index in [0.29, 0.717) is 0 Å². The summed E-state index contributed by atoms with van der Waals surface area (Å²) in [5.41, 5.74) is 15.6. The van der Waals surface area contributed by atoms with Gasteiger partial charge in [-0.15, -0.1) is 0 Å². The number of hydrogen-bond donors (Lipinski definition) is 0. The molecule has 11 aromatic carbocycles. The second-order valence-electron chi connectivity index (χ2n) is 16.9. The topological polar surface area (TPSA) is 21.3 Å². The van der Waals surface area contributed by atoms with Crippen LogP contribution in [0.4, 0.5) is 17.1 Å². The zero-order chi connectivity index (χ0) is 42.8. The number of hydrogen-bond acceptors (Lipinski definition) is 2. The fourth-order valence-electron chi connectivity index (χ4n) is 10.1. The number of nitrogens with zero attached hydrogens (tertiary/aromatic N) is 2. The zero-order valence-corrected chi connectivity index (χ0v) is 35.4. The molecule has 65 heavy (non-hydrogen) atoms. The lowest BCUT2D eigenvalue weighted by molar-refractivity contribution is 0.670. The van der Waals surface area contributed by atoms with Crippen molar-refractivity contribution in [3.8, 4) is 39.1 Å². The van der Waals surface area contributed by atoms with Gasteiger partial charge in [-0.25, -0.2) is 0 Å². The highest BCUT2D eigenvalue weighted by Crippen LogP contribution is 2.43. The number of aromatic nitrogens is 1. The Balaban J connectivity index is 0.914. The van der Waals surface area contributed by atoms with Crippen molar-refractivity contribution in [1.82, 2.24) is 4.57 Å².